The Morgan fingerprint density at radius 3 is 2.60 bits per heavy atom. The van der Waals surface area contributed by atoms with Crippen molar-refractivity contribution in [1.82, 2.24) is 19.4 Å². The number of nitrogens with one attached hydrogen (secondary N) is 2. The molecule has 0 aliphatic carbocycles. The van der Waals surface area contributed by atoms with Gasteiger partial charge in [-0.1, -0.05) is 6.07 Å². The molecule has 0 radical (unpaired) electrons. The van der Waals surface area contributed by atoms with Crippen molar-refractivity contribution in [2.75, 3.05) is 11.9 Å². The number of anilines is 1. The summed E-state index contributed by atoms with van der Waals surface area (Å²) in [5.41, 5.74) is 0.576. The Morgan fingerprint density at radius 1 is 1.13 bits per heavy atom. The first-order chi connectivity index (χ1) is 13.4. The number of rotatable bonds is 2. The number of aromatic nitrogens is 3. The topological polar surface area (TPSA) is 98.0 Å². The van der Waals surface area contributed by atoms with E-state index in [0.29, 0.717) is 25.1 Å². The molecule has 0 spiro atoms. The van der Waals surface area contributed by atoms with Gasteiger partial charge in [0, 0.05) is 20.6 Å². The molecule has 8 nitrogen and oxygen atoms in total. The summed E-state index contributed by atoms with van der Waals surface area (Å²) in [5.74, 6) is -1.07. The number of carbonyl (C=O) groups is 1. The third-order valence-corrected chi connectivity index (χ3v) is 4.99. The summed E-state index contributed by atoms with van der Waals surface area (Å²) >= 11 is 0. The van der Waals surface area contributed by atoms with Gasteiger partial charge in [0.15, 0.2) is 0 Å². The largest absolute Gasteiger partial charge is 0.332 e. The smallest absolute Gasteiger partial charge is 0.318 e. The zero-order chi connectivity index (χ0) is 20.0. The van der Waals surface area contributed by atoms with Crippen molar-refractivity contribution in [2.45, 2.75) is 13.0 Å². The van der Waals surface area contributed by atoms with E-state index in [0.717, 1.165) is 10.1 Å². The molecular weight excluding hydrogens is 436 g/mol. The highest BCUT2D eigenvalue weighted by Crippen LogP contribution is 2.25. The number of hydrogen-bond acceptors (Lipinski definition) is 5. The van der Waals surface area contributed by atoms with E-state index in [9.17, 15) is 18.8 Å². The number of carbonyl (C=O) groups excluding carboxylic acids is 1. The minimum Gasteiger partial charge on any atom is -0.318 e. The number of aryl methyl sites for hydroxylation is 1. The summed E-state index contributed by atoms with van der Waals surface area (Å²) in [6.45, 7) is 1.27. The van der Waals surface area contributed by atoms with Crippen LogP contribution in [-0.2, 0) is 27.1 Å². The monoisotopic (exact) mass is 455 g/mol. The summed E-state index contributed by atoms with van der Waals surface area (Å²) in [5, 5.41) is 5.92. The average Bonchev–Trinajstić information content (AvgIpc) is 2.72. The van der Waals surface area contributed by atoms with E-state index >= 15 is 0 Å². The molecule has 0 fully saturated rings. The molecule has 1 aliphatic heterocycles. The van der Waals surface area contributed by atoms with Crippen LogP contribution in [0.3, 0.4) is 0 Å². The fraction of sp³-hybridized carbons (Fsp3) is 0.263. The Hall–Kier alpha value is -2.75. The van der Waals surface area contributed by atoms with Gasteiger partial charge in [0.05, 0.1) is 11.1 Å². The van der Waals surface area contributed by atoms with Crippen molar-refractivity contribution in [3.05, 3.63) is 67.7 Å². The van der Waals surface area contributed by atoms with Gasteiger partial charge >= 0.3 is 5.69 Å². The number of amides is 1. The maximum atomic E-state index is 14.7. The second kappa shape index (κ2) is 8.95. The molecule has 3 heterocycles. The molecule has 1 amide bonds. The molecule has 0 saturated heterocycles. The van der Waals surface area contributed by atoms with Crippen LogP contribution in [0.25, 0.3) is 11.0 Å². The van der Waals surface area contributed by atoms with Crippen molar-refractivity contribution < 1.29 is 9.18 Å². The number of pyridine rings is 1. The Kier molecular flexibility index (Phi) is 7.02. The molecule has 0 bridgehead atoms. The van der Waals surface area contributed by atoms with Gasteiger partial charge < -0.3 is 10.6 Å². The van der Waals surface area contributed by atoms with Gasteiger partial charge in [0.25, 0.3) is 11.5 Å². The third kappa shape index (κ3) is 3.83. The van der Waals surface area contributed by atoms with Crippen molar-refractivity contribution in [1.29, 1.82) is 0 Å². The number of halogens is 3. The zero-order valence-corrected chi connectivity index (χ0v) is 17.8. The molecule has 0 saturated carbocycles. The lowest BCUT2D eigenvalue weighted by atomic mass is 9.99. The first-order valence-corrected chi connectivity index (χ1v) is 8.77. The summed E-state index contributed by atoms with van der Waals surface area (Å²) in [7, 11) is 2.84. The number of benzene rings is 1. The molecule has 2 N–H and O–H groups in total. The highest BCUT2D eigenvalue weighted by Gasteiger charge is 2.19. The highest BCUT2D eigenvalue weighted by atomic mass is 35.5. The predicted octanol–water partition coefficient (Wildman–Crippen LogP) is 1.51. The van der Waals surface area contributed by atoms with Gasteiger partial charge in [-0.2, -0.15) is 0 Å². The minimum absolute atomic E-state index is 0. The predicted molar refractivity (Wildman–Crippen MR) is 116 cm³/mol. The Morgan fingerprint density at radius 2 is 1.87 bits per heavy atom. The molecule has 2 aromatic heterocycles. The zero-order valence-electron chi connectivity index (χ0n) is 16.2. The van der Waals surface area contributed by atoms with Crippen LogP contribution in [0.4, 0.5) is 10.1 Å². The van der Waals surface area contributed by atoms with E-state index in [1.54, 1.807) is 6.07 Å². The summed E-state index contributed by atoms with van der Waals surface area (Å²) < 4.78 is 16.9. The maximum absolute atomic E-state index is 14.7. The van der Waals surface area contributed by atoms with Crippen LogP contribution in [0.1, 0.15) is 21.6 Å². The summed E-state index contributed by atoms with van der Waals surface area (Å²) in [6, 6.07) is 6.12. The highest BCUT2D eigenvalue weighted by molar-refractivity contribution is 6.04. The van der Waals surface area contributed by atoms with Crippen molar-refractivity contribution in [3.63, 3.8) is 0 Å². The van der Waals surface area contributed by atoms with Crippen molar-refractivity contribution in [2.24, 2.45) is 14.1 Å². The van der Waals surface area contributed by atoms with E-state index in [1.165, 1.54) is 36.9 Å². The van der Waals surface area contributed by atoms with E-state index in [2.05, 4.69) is 15.6 Å². The number of nitrogens with zero attached hydrogens (tertiary/aromatic N) is 3. The maximum Gasteiger partial charge on any atom is 0.332 e. The molecule has 30 heavy (non-hydrogen) atoms. The van der Waals surface area contributed by atoms with E-state index < -0.39 is 23.0 Å². The fourth-order valence-electron chi connectivity index (χ4n) is 3.40. The average molecular weight is 456 g/mol. The fourth-order valence-corrected chi connectivity index (χ4v) is 3.40. The van der Waals surface area contributed by atoms with Crippen LogP contribution < -0.4 is 21.9 Å². The first-order valence-electron chi connectivity index (χ1n) is 8.77. The SMILES string of the molecule is Cl.Cl.Cn1c(=O)c2ccc(C(=O)Nc3ccc4c(c3F)CCNC4)nc2n(C)c1=O. The molecule has 11 heteroatoms. The van der Waals surface area contributed by atoms with Crippen LogP contribution in [0.15, 0.2) is 33.9 Å². The quantitative estimate of drug-likeness (QED) is 0.610. The molecule has 4 rings (SSSR count). The molecule has 160 valence electrons. The van der Waals surface area contributed by atoms with Crippen molar-refractivity contribution in [3.8, 4) is 0 Å². The minimum atomic E-state index is -0.622. The van der Waals surface area contributed by atoms with E-state index in [1.807, 2.05) is 0 Å². The molecule has 1 aromatic carbocycles. The number of fused-ring (bicyclic) bond motifs is 2. The van der Waals surface area contributed by atoms with Crippen LogP contribution in [0.5, 0.6) is 0 Å². The Balaban J connectivity index is 0.00000160. The second-order valence-corrected chi connectivity index (χ2v) is 6.72. The molecule has 0 unspecified atom stereocenters. The van der Waals surface area contributed by atoms with Gasteiger partial charge in [0.2, 0.25) is 0 Å². The lowest BCUT2D eigenvalue weighted by Gasteiger charge is -2.19. The van der Waals surface area contributed by atoms with Crippen LogP contribution in [0, 0.1) is 5.82 Å². The molecular formula is C19H20Cl2FN5O3. The van der Waals surface area contributed by atoms with Crippen LogP contribution in [-0.4, -0.2) is 26.6 Å². The van der Waals surface area contributed by atoms with Gasteiger partial charge in [-0.3, -0.25) is 18.7 Å². The lowest BCUT2D eigenvalue weighted by molar-refractivity contribution is 0.102. The standard InChI is InChI=1S/C19H18FN5O3.2ClH/c1-24-16-12(18(27)25(2)19(24)28)4-6-14(22-16)17(26)23-13-5-3-10-9-21-8-7-11(10)15(13)20;;/h3-6,21H,7-9H2,1-2H3,(H,23,26);2*1H. The van der Waals surface area contributed by atoms with E-state index in [-0.39, 0.29) is 47.2 Å². The van der Waals surface area contributed by atoms with Gasteiger partial charge in [0.1, 0.15) is 17.2 Å². The second-order valence-electron chi connectivity index (χ2n) is 6.72. The molecule has 0 atom stereocenters. The third-order valence-electron chi connectivity index (χ3n) is 4.99. The van der Waals surface area contributed by atoms with Crippen LogP contribution >= 0.6 is 24.8 Å². The first kappa shape index (κ1) is 23.5. The van der Waals surface area contributed by atoms with Gasteiger partial charge in [-0.25, -0.2) is 14.2 Å². The lowest BCUT2D eigenvalue weighted by Crippen LogP contribution is -2.37. The van der Waals surface area contributed by atoms with Crippen LogP contribution in [0.2, 0.25) is 0 Å². The Bertz CT molecular complexity index is 1260. The van der Waals surface area contributed by atoms with Gasteiger partial charge in [-0.15, -0.1) is 24.8 Å². The van der Waals surface area contributed by atoms with E-state index in [4.69, 9.17) is 0 Å². The van der Waals surface area contributed by atoms with Crippen molar-refractivity contribution >= 4 is 47.4 Å². The number of hydrogen-bond donors (Lipinski definition) is 2. The normalized spacial score (nSPS) is 12.5. The van der Waals surface area contributed by atoms with Gasteiger partial charge in [-0.05, 0) is 42.3 Å². The summed E-state index contributed by atoms with van der Waals surface area (Å²) in [6.07, 6.45) is 0.546. The molecule has 3 aromatic rings. The summed E-state index contributed by atoms with van der Waals surface area (Å²) in [4.78, 5) is 41.1. The molecule has 1 aliphatic rings. The Labute approximate surface area is 182 Å².